The molecule has 2 aromatic rings. The molecule has 0 aliphatic heterocycles. The molecular weight excluding hydrogens is 297 g/mol. The Morgan fingerprint density at radius 1 is 1.00 bits per heavy atom. The van der Waals surface area contributed by atoms with Crippen LogP contribution in [0.25, 0.3) is 0 Å². The number of aliphatic hydroxyl groups is 1. The van der Waals surface area contributed by atoms with E-state index in [1.807, 2.05) is 0 Å². The lowest BCUT2D eigenvalue weighted by Crippen LogP contribution is -2.02. The van der Waals surface area contributed by atoms with Gasteiger partial charge in [-0.2, -0.15) is 0 Å². The van der Waals surface area contributed by atoms with E-state index in [9.17, 15) is 9.50 Å². The van der Waals surface area contributed by atoms with Crippen molar-refractivity contribution >= 4 is 34.8 Å². The van der Waals surface area contributed by atoms with Crippen molar-refractivity contribution in [1.29, 1.82) is 0 Å². The molecule has 0 heterocycles. The number of halogens is 4. The van der Waals surface area contributed by atoms with Gasteiger partial charge in [-0.15, -0.1) is 0 Å². The number of hydrogen-bond acceptors (Lipinski definition) is 1. The van der Waals surface area contributed by atoms with E-state index in [2.05, 4.69) is 0 Å². The highest BCUT2D eigenvalue weighted by Crippen LogP contribution is 2.34. The van der Waals surface area contributed by atoms with E-state index in [-0.39, 0.29) is 10.6 Å². The standard InChI is InChI=1S/C13H8Cl3FO/c14-7-4-5-10(15)9(6-7)13(18)8-2-1-3-11(17)12(8)16/h1-6,13,18H. The van der Waals surface area contributed by atoms with Crippen molar-refractivity contribution in [1.82, 2.24) is 0 Å². The van der Waals surface area contributed by atoms with Gasteiger partial charge in [0.2, 0.25) is 0 Å². The Morgan fingerprint density at radius 3 is 2.44 bits per heavy atom. The van der Waals surface area contributed by atoms with Crippen LogP contribution >= 0.6 is 34.8 Å². The van der Waals surface area contributed by atoms with Crippen molar-refractivity contribution in [2.45, 2.75) is 6.10 Å². The number of rotatable bonds is 2. The van der Waals surface area contributed by atoms with Crippen molar-refractivity contribution in [3.8, 4) is 0 Å². The van der Waals surface area contributed by atoms with Gasteiger partial charge in [0, 0.05) is 21.2 Å². The smallest absolute Gasteiger partial charge is 0.142 e. The Kier molecular flexibility index (Phi) is 4.13. The molecule has 1 unspecified atom stereocenters. The maximum absolute atomic E-state index is 13.3. The van der Waals surface area contributed by atoms with Crippen molar-refractivity contribution in [2.75, 3.05) is 0 Å². The average Bonchev–Trinajstić information content (AvgIpc) is 2.35. The van der Waals surface area contributed by atoms with Crippen molar-refractivity contribution in [3.05, 3.63) is 68.4 Å². The summed E-state index contributed by atoms with van der Waals surface area (Å²) in [4.78, 5) is 0. The minimum absolute atomic E-state index is 0.124. The van der Waals surface area contributed by atoms with Gasteiger partial charge in [0.25, 0.3) is 0 Å². The van der Waals surface area contributed by atoms with Crippen molar-refractivity contribution in [2.24, 2.45) is 0 Å². The summed E-state index contributed by atoms with van der Waals surface area (Å²) < 4.78 is 13.3. The first-order valence-corrected chi connectivity index (χ1v) is 6.21. The van der Waals surface area contributed by atoms with Crippen LogP contribution in [0.1, 0.15) is 17.2 Å². The summed E-state index contributed by atoms with van der Waals surface area (Å²) in [5.41, 5.74) is 0.637. The zero-order valence-corrected chi connectivity index (χ0v) is 11.3. The largest absolute Gasteiger partial charge is 0.384 e. The summed E-state index contributed by atoms with van der Waals surface area (Å²) in [6, 6.07) is 8.92. The van der Waals surface area contributed by atoms with Crippen molar-refractivity contribution in [3.63, 3.8) is 0 Å². The summed E-state index contributed by atoms with van der Waals surface area (Å²) >= 11 is 17.6. The minimum atomic E-state index is -1.13. The van der Waals surface area contributed by atoms with Gasteiger partial charge in [-0.25, -0.2) is 4.39 Å². The third kappa shape index (κ3) is 2.62. The molecule has 0 saturated carbocycles. The topological polar surface area (TPSA) is 20.2 Å². The van der Waals surface area contributed by atoms with Crippen LogP contribution in [0.3, 0.4) is 0 Å². The summed E-state index contributed by atoms with van der Waals surface area (Å²) in [7, 11) is 0. The van der Waals surface area contributed by atoms with E-state index in [4.69, 9.17) is 34.8 Å². The van der Waals surface area contributed by atoms with Crippen LogP contribution < -0.4 is 0 Å². The van der Waals surface area contributed by atoms with E-state index >= 15 is 0 Å². The van der Waals surface area contributed by atoms with Crippen LogP contribution in [0.2, 0.25) is 15.1 Å². The van der Waals surface area contributed by atoms with Gasteiger partial charge in [-0.1, -0.05) is 46.9 Å². The van der Waals surface area contributed by atoms with Crippen LogP contribution in [-0.4, -0.2) is 5.11 Å². The van der Waals surface area contributed by atoms with E-state index in [1.54, 1.807) is 12.1 Å². The molecule has 0 aromatic heterocycles. The molecule has 0 radical (unpaired) electrons. The average molecular weight is 306 g/mol. The molecule has 0 aliphatic carbocycles. The highest BCUT2D eigenvalue weighted by Gasteiger charge is 2.18. The van der Waals surface area contributed by atoms with Gasteiger partial charge >= 0.3 is 0 Å². The molecule has 1 nitrogen and oxygen atoms in total. The molecule has 0 bridgehead atoms. The Hall–Kier alpha value is -0.800. The molecule has 2 rings (SSSR count). The monoisotopic (exact) mass is 304 g/mol. The maximum Gasteiger partial charge on any atom is 0.142 e. The lowest BCUT2D eigenvalue weighted by Gasteiger charge is -2.15. The molecule has 18 heavy (non-hydrogen) atoms. The lowest BCUT2D eigenvalue weighted by molar-refractivity contribution is 0.220. The second kappa shape index (κ2) is 5.45. The fourth-order valence-electron chi connectivity index (χ4n) is 1.62. The summed E-state index contributed by atoms with van der Waals surface area (Å²) in [6.07, 6.45) is -1.13. The molecule has 1 atom stereocenters. The second-order valence-electron chi connectivity index (χ2n) is 3.71. The van der Waals surface area contributed by atoms with Crippen LogP contribution in [0.15, 0.2) is 36.4 Å². The van der Waals surface area contributed by atoms with Crippen molar-refractivity contribution < 1.29 is 9.50 Å². The first kappa shape index (κ1) is 13.6. The maximum atomic E-state index is 13.3. The Balaban J connectivity index is 2.51. The molecule has 0 aliphatic rings. The molecule has 0 spiro atoms. The van der Waals surface area contributed by atoms with Crippen LogP contribution in [0.4, 0.5) is 4.39 Å². The van der Waals surface area contributed by atoms with Gasteiger partial charge in [-0.3, -0.25) is 0 Å². The quantitative estimate of drug-likeness (QED) is 0.839. The zero-order valence-electron chi connectivity index (χ0n) is 9.00. The van der Waals surface area contributed by atoms with Gasteiger partial charge in [0.15, 0.2) is 0 Å². The fourth-order valence-corrected chi connectivity index (χ4v) is 2.25. The summed E-state index contributed by atoms with van der Waals surface area (Å²) in [5, 5.41) is 10.9. The fraction of sp³-hybridized carbons (Fsp3) is 0.0769. The zero-order chi connectivity index (χ0) is 13.3. The summed E-state index contributed by atoms with van der Waals surface area (Å²) in [6.45, 7) is 0. The first-order chi connectivity index (χ1) is 8.50. The van der Waals surface area contributed by atoms with Gasteiger partial charge in [0.1, 0.15) is 11.9 Å². The third-order valence-corrected chi connectivity index (χ3v) is 3.51. The molecule has 94 valence electrons. The van der Waals surface area contributed by atoms with Gasteiger partial charge in [0.05, 0.1) is 5.02 Å². The second-order valence-corrected chi connectivity index (χ2v) is 4.93. The summed E-state index contributed by atoms with van der Waals surface area (Å²) in [5.74, 6) is -0.591. The van der Waals surface area contributed by atoms with Gasteiger partial charge in [-0.05, 0) is 24.3 Å². The predicted octanol–water partition coefficient (Wildman–Crippen LogP) is 4.87. The van der Waals surface area contributed by atoms with E-state index < -0.39 is 11.9 Å². The Labute approximate surface area is 119 Å². The van der Waals surface area contributed by atoms with Gasteiger partial charge < -0.3 is 5.11 Å². The Morgan fingerprint density at radius 2 is 1.72 bits per heavy atom. The molecule has 0 fully saturated rings. The minimum Gasteiger partial charge on any atom is -0.384 e. The number of hydrogen-bond donors (Lipinski definition) is 1. The Bertz CT molecular complexity index is 584. The number of aliphatic hydroxyl groups excluding tert-OH is 1. The number of benzene rings is 2. The highest BCUT2D eigenvalue weighted by molar-refractivity contribution is 6.34. The van der Waals surface area contributed by atoms with Crippen LogP contribution in [0.5, 0.6) is 0 Å². The molecule has 2 aromatic carbocycles. The van der Waals surface area contributed by atoms with Crippen LogP contribution in [-0.2, 0) is 0 Å². The third-order valence-electron chi connectivity index (χ3n) is 2.53. The van der Waals surface area contributed by atoms with Crippen LogP contribution in [0, 0.1) is 5.82 Å². The molecule has 0 saturated heterocycles. The van der Waals surface area contributed by atoms with E-state index in [0.717, 1.165) is 0 Å². The predicted molar refractivity (Wildman–Crippen MR) is 71.9 cm³/mol. The highest BCUT2D eigenvalue weighted by atomic mass is 35.5. The molecular formula is C13H8Cl3FO. The van der Waals surface area contributed by atoms with E-state index in [0.29, 0.717) is 15.6 Å². The van der Waals surface area contributed by atoms with E-state index in [1.165, 1.54) is 24.3 Å². The molecule has 0 amide bonds. The normalized spacial score (nSPS) is 12.5. The lowest BCUT2D eigenvalue weighted by atomic mass is 10.0. The SMILES string of the molecule is OC(c1cc(Cl)ccc1Cl)c1cccc(F)c1Cl. The molecule has 1 N–H and O–H groups in total. The first-order valence-electron chi connectivity index (χ1n) is 5.07. The molecule has 5 heteroatoms.